The summed E-state index contributed by atoms with van der Waals surface area (Å²) in [5.74, 6) is 0. The maximum Gasteiger partial charge on any atom is 0.231 e. The van der Waals surface area contributed by atoms with E-state index in [1.807, 2.05) is 0 Å². The van der Waals surface area contributed by atoms with E-state index in [4.69, 9.17) is 31.9 Å². The molecule has 0 radical (unpaired) electrons. The van der Waals surface area contributed by atoms with Crippen molar-refractivity contribution in [2.45, 2.75) is 37.8 Å². The second kappa shape index (κ2) is 11.7. The Balaban J connectivity index is 0. The first kappa shape index (κ1) is 15.2. The van der Waals surface area contributed by atoms with Crippen molar-refractivity contribution in [2.75, 3.05) is 0 Å². The van der Waals surface area contributed by atoms with Gasteiger partial charge >= 0.3 is 0 Å². The van der Waals surface area contributed by atoms with Crippen LogP contribution in [0.2, 0.25) is 0 Å². The third-order valence-corrected chi connectivity index (χ3v) is 1.82. The lowest BCUT2D eigenvalue weighted by atomic mass is 9.93. The van der Waals surface area contributed by atoms with Crippen molar-refractivity contribution in [3.8, 4) is 0 Å². The summed E-state index contributed by atoms with van der Waals surface area (Å²) >= 11 is 0. The molecule has 6 heteroatoms. The van der Waals surface area contributed by atoms with Gasteiger partial charge in [-0.25, -0.2) is 20.4 Å². The Morgan fingerprint density at radius 3 is 1.14 bits per heavy atom. The Bertz CT molecular complexity index is 166. The van der Waals surface area contributed by atoms with Gasteiger partial charge in [0.1, 0.15) is 0 Å². The van der Waals surface area contributed by atoms with Crippen LogP contribution in [-0.2, 0) is 9.59 Å². The molecule has 6 N–H and O–H groups in total. The summed E-state index contributed by atoms with van der Waals surface area (Å²) in [4.78, 5) is 16.7. The van der Waals surface area contributed by atoms with E-state index in [1.54, 1.807) is 0 Å². The third-order valence-electron chi connectivity index (χ3n) is 1.82. The summed E-state index contributed by atoms with van der Waals surface area (Å²) < 4.78 is 0. The van der Waals surface area contributed by atoms with Gasteiger partial charge in [-0.2, -0.15) is 0 Å². The smallest absolute Gasteiger partial charge is 0.231 e. The number of carbonyl (C=O) groups excluding carboxylic acids is 2. The highest BCUT2D eigenvalue weighted by Gasteiger charge is 2.13. The monoisotopic (exact) mass is 200 g/mol. The molecule has 0 atom stereocenters. The molecular formula is C8H16N4O2. The van der Waals surface area contributed by atoms with E-state index in [-0.39, 0.29) is 0 Å². The van der Waals surface area contributed by atoms with Gasteiger partial charge in [-0.05, 0) is 25.7 Å². The topological polar surface area (TPSA) is 134 Å². The molecule has 6 nitrogen and oxygen atoms in total. The number of hydrogen-bond acceptors (Lipinski definition) is 6. The minimum Gasteiger partial charge on any atom is -0.328 e. The van der Waals surface area contributed by atoms with Crippen LogP contribution < -0.4 is 11.5 Å². The van der Waals surface area contributed by atoms with E-state index >= 15 is 0 Å². The van der Waals surface area contributed by atoms with Crippen molar-refractivity contribution < 1.29 is 9.59 Å². The second-order valence-electron chi connectivity index (χ2n) is 2.88. The molecule has 0 aromatic carbocycles. The summed E-state index contributed by atoms with van der Waals surface area (Å²) in [6.07, 6.45) is 6.00. The lowest BCUT2D eigenvalue weighted by Crippen LogP contribution is -2.33. The van der Waals surface area contributed by atoms with Crippen LogP contribution in [0.1, 0.15) is 25.7 Å². The van der Waals surface area contributed by atoms with E-state index in [2.05, 4.69) is 0 Å². The number of hydrogen-bond donors (Lipinski definition) is 4. The number of rotatable bonds is 0. The zero-order valence-corrected chi connectivity index (χ0v) is 7.95. The first-order chi connectivity index (χ1) is 6.62. The van der Waals surface area contributed by atoms with Gasteiger partial charge < -0.3 is 11.5 Å². The van der Waals surface area contributed by atoms with E-state index in [0.29, 0.717) is 12.1 Å². The van der Waals surface area contributed by atoms with Crippen LogP contribution in [0.15, 0.2) is 0 Å². The Labute approximate surface area is 82.7 Å². The lowest BCUT2D eigenvalue weighted by molar-refractivity contribution is 0.395. The average Bonchev–Trinajstić information content (AvgIpc) is 2.13. The summed E-state index contributed by atoms with van der Waals surface area (Å²) in [6, 6.07) is 0.879. The molecule has 0 aromatic heterocycles. The molecule has 0 saturated heterocycles. The molecule has 0 unspecified atom stereocenters. The van der Waals surface area contributed by atoms with Crippen molar-refractivity contribution in [3.05, 3.63) is 0 Å². The lowest BCUT2D eigenvalue weighted by Gasteiger charge is -2.22. The second-order valence-corrected chi connectivity index (χ2v) is 2.88. The molecule has 14 heavy (non-hydrogen) atoms. The van der Waals surface area contributed by atoms with Crippen LogP contribution in [0.25, 0.3) is 0 Å². The zero-order valence-electron chi connectivity index (χ0n) is 7.95. The maximum atomic E-state index is 8.35. The van der Waals surface area contributed by atoms with Crippen LogP contribution in [0.4, 0.5) is 0 Å². The van der Waals surface area contributed by atoms with Crippen LogP contribution >= 0.6 is 0 Å². The van der Waals surface area contributed by atoms with Crippen molar-refractivity contribution in [3.63, 3.8) is 0 Å². The van der Waals surface area contributed by atoms with Crippen molar-refractivity contribution in [1.82, 2.24) is 0 Å². The van der Waals surface area contributed by atoms with Gasteiger partial charge in [0.05, 0.1) is 0 Å². The van der Waals surface area contributed by atoms with Gasteiger partial charge in [0.25, 0.3) is 0 Å². The zero-order chi connectivity index (χ0) is 11.4. The van der Waals surface area contributed by atoms with E-state index < -0.39 is 0 Å². The molecule has 1 saturated carbocycles. The first-order valence-corrected chi connectivity index (χ1v) is 4.21. The highest BCUT2D eigenvalue weighted by atomic mass is 16.1. The Morgan fingerprint density at radius 2 is 1.00 bits per heavy atom. The number of nitrogens with two attached hydrogens (primary N) is 2. The van der Waals surface area contributed by atoms with Crippen LogP contribution in [0.5, 0.6) is 0 Å². The highest BCUT2D eigenvalue weighted by Crippen LogP contribution is 2.14. The van der Waals surface area contributed by atoms with Gasteiger partial charge in [0.15, 0.2) is 0 Å². The van der Waals surface area contributed by atoms with Gasteiger partial charge in [-0.3, -0.25) is 0 Å². The number of isocyanates is 2. The molecule has 1 aliphatic rings. The van der Waals surface area contributed by atoms with Crippen LogP contribution in [0, 0.1) is 10.8 Å². The average molecular weight is 200 g/mol. The van der Waals surface area contributed by atoms with Crippen molar-refractivity contribution in [1.29, 1.82) is 10.8 Å². The molecule has 0 heterocycles. The third kappa shape index (κ3) is 13.3. The Hall–Kier alpha value is -1.32. The fraction of sp³-hybridized carbons (Fsp3) is 0.750. The van der Waals surface area contributed by atoms with Gasteiger partial charge in [0, 0.05) is 12.1 Å². The molecule has 0 aliphatic heterocycles. The first-order valence-electron chi connectivity index (χ1n) is 4.21. The molecule has 0 amide bonds. The quantitative estimate of drug-likeness (QED) is 0.324. The SMILES string of the molecule is N=C=O.N=C=O.NC1CCC(N)CC1. The van der Waals surface area contributed by atoms with E-state index in [0.717, 1.165) is 37.8 Å². The molecule has 0 aromatic rings. The highest BCUT2D eigenvalue weighted by molar-refractivity contribution is 5.26. The fourth-order valence-corrected chi connectivity index (χ4v) is 1.14. The summed E-state index contributed by atoms with van der Waals surface area (Å²) in [7, 11) is 0. The van der Waals surface area contributed by atoms with Crippen LogP contribution in [0.3, 0.4) is 0 Å². The van der Waals surface area contributed by atoms with Crippen molar-refractivity contribution in [2.24, 2.45) is 11.5 Å². The molecule has 1 rings (SSSR count). The minimum atomic E-state index is 0.440. The molecule has 1 aliphatic carbocycles. The van der Waals surface area contributed by atoms with E-state index in [1.165, 1.54) is 0 Å². The predicted octanol–water partition coefficient (Wildman–Crippen LogP) is 0.0169. The largest absolute Gasteiger partial charge is 0.328 e. The summed E-state index contributed by atoms with van der Waals surface area (Å²) in [5.41, 5.74) is 11.3. The van der Waals surface area contributed by atoms with Crippen molar-refractivity contribution >= 4 is 12.2 Å². The van der Waals surface area contributed by atoms with E-state index in [9.17, 15) is 0 Å². The maximum absolute atomic E-state index is 8.35. The summed E-state index contributed by atoms with van der Waals surface area (Å²) in [6.45, 7) is 0. The Kier molecular flexibility index (Phi) is 12.7. The molecular weight excluding hydrogens is 184 g/mol. The number of nitrogens with one attached hydrogen (secondary N) is 2. The van der Waals surface area contributed by atoms with Crippen LogP contribution in [-0.4, -0.2) is 24.2 Å². The molecule has 80 valence electrons. The van der Waals surface area contributed by atoms with Gasteiger partial charge in [-0.15, -0.1) is 0 Å². The van der Waals surface area contributed by atoms with Gasteiger partial charge in [0.2, 0.25) is 12.2 Å². The molecule has 0 bridgehead atoms. The predicted molar refractivity (Wildman–Crippen MR) is 51.2 cm³/mol. The van der Waals surface area contributed by atoms with Gasteiger partial charge in [-0.1, -0.05) is 0 Å². The molecule has 0 spiro atoms. The normalized spacial score (nSPS) is 23.9. The fourth-order valence-electron chi connectivity index (χ4n) is 1.14. The molecule has 1 fully saturated rings. The summed E-state index contributed by atoms with van der Waals surface area (Å²) in [5, 5.41) is 10.8. The minimum absolute atomic E-state index is 0.440. The standard InChI is InChI=1S/C6H14N2.2CHNO/c7-5-1-2-6(8)4-3-5;2*2-1-3/h5-6H,1-4,7-8H2;2*2H. The Morgan fingerprint density at radius 1 is 0.857 bits per heavy atom.